The lowest BCUT2D eigenvalue weighted by molar-refractivity contribution is 0.486. The van der Waals surface area contributed by atoms with Gasteiger partial charge in [0.05, 0.1) is 0 Å². The van der Waals surface area contributed by atoms with Gasteiger partial charge in [0.2, 0.25) is 0 Å². The van der Waals surface area contributed by atoms with Crippen molar-refractivity contribution >= 4 is 11.4 Å². The van der Waals surface area contributed by atoms with Crippen LogP contribution in [0.4, 0.5) is 11.4 Å². The van der Waals surface area contributed by atoms with Gasteiger partial charge in [0.1, 0.15) is 11.5 Å². The molecule has 0 bridgehead atoms. The van der Waals surface area contributed by atoms with Crippen LogP contribution in [0.25, 0.3) is 22.3 Å². The van der Waals surface area contributed by atoms with Gasteiger partial charge >= 0.3 is 0 Å². The van der Waals surface area contributed by atoms with Gasteiger partial charge in [-0.05, 0) is 47.5 Å². The normalized spacial score (nSPS) is 10.5. The molecule has 4 aromatic rings. The molecule has 0 saturated heterocycles. The minimum absolute atomic E-state index is 0.742. The van der Waals surface area contributed by atoms with Gasteiger partial charge in [0, 0.05) is 22.5 Å². The van der Waals surface area contributed by atoms with Crippen LogP contribution in [0.5, 0.6) is 11.5 Å². The van der Waals surface area contributed by atoms with E-state index in [-0.39, 0.29) is 0 Å². The highest BCUT2D eigenvalue weighted by atomic mass is 16.5. The van der Waals surface area contributed by atoms with E-state index >= 15 is 0 Å². The lowest BCUT2D eigenvalue weighted by Gasteiger charge is -2.15. The Labute approximate surface area is 158 Å². The number of hydrogen-bond acceptors (Lipinski definition) is 3. The smallest absolute Gasteiger partial charge is 0.135 e. The molecular formula is C24H20N2O. The fourth-order valence-electron chi connectivity index (χ4n) is 3.03. The summed E-state index contributed by atoms with van der Waals surface area (Å²) in [5, 5.41) is 0. The molecule has 4 aromatic carbocycles. The summed E-state index contributed by atoms with van der Waals surface area (Å²) in [6, 6.07) is 31.6. The molecule has 0 atom stereocenters. The highest BCUT2D eigenvalue weighted by molar-refractivity contribution is 5.75. The van der Waals surface area contributed by atoms with Crippen LogP contribution in [-0.4, -0.2) is 0 Å². The van der Waals surface area contributed by atoms with E-state index in [1.807, 2.05) is 97.1 Å². The highest BCUT2D eigenvalue weighted by Gasteiger charge is 2.11. The van der Waals surface area contributed by atoms with Crippen LogP contribution in [0.1, 0.15) is 0 Å². The molecule has 0 heterocycles. The molecule has 4 rings (SSSR count). The predicted molar refractivity (Wildman–Crippen MR) is 113 cm³/mol. The third kappa shape index (κ3) is 3.62. The summed E-state index contributed by atoms with van der Waals surface area (Å²) >= 11 is 0. The number of nitrogen functional groups attached to an aromatic ring is 2. The van der Waals surface area contributed by atoms with Crippen molar-refractivity contribution in [2.24, 2.45) is 0 Å². The van der Waals surface area contributed by atoms with Crippen LogP contribution in [0.3, 0.4) is 0 Å². The third-order valence-corrected chi connectivity index (χ3v) is 4.44. The SMILES string of the molecule is Nc1ccc(-c2ccccc2Oc2ccccc2-c2ccc(N)cc2)cc1. The van der Waals surface area contributed by atoms with E-state index in [1.165, 1.54) is 0 Å². The standard InChI is InChI=1S/C24H20N2O/c25-19-13-9-17(10-14-19)21-5-1-3-7-23(21)27-24-8-4-2-6-22(24)18-11-15-20(26)16-12-18/h1-16H,25-26H2. The van der Waals surface area contributed by atoms with Crippen LogP contribution in [0.2, 0.25) is 0 Å². The average Bonchev–Trinajstić information content (AvgIpc) is 2.70. The molecule has 0 fully saturated rings. The second kappa shape index (κ2) is 7.26. The van der Waals surface area contributed by atoms with Crippen molar-refractivity contribution in [1.29, 1.82) is 0 Å². The van der Waals surface area contributed by atoms with E-state index < -0.39 is 0 Å². The van der Waals surface area contributed by atoms with Crippen molar-refractivity contribution in [1.82, 2.24) is 0 Å². The van der Waals surface area contributed by atoms with Gasteiger partial charge in [-0.3, -0.25) is 0 Å². The van der Waals surface area contributed by atoms with Crippen LogP contribution < -0.4 is 16.2 Å². The first-order valence-corrected chi connectivity index (χ1v) is 8.78. The molecule has 0 aliphatic heterocycles. The van der Waals surface area contributed by atoms with E-state index in [4.69, 9.17) is 16.2 Å². The Balaban J connectivity index is 1.74. The minimum Gasteiger partial charge on any atom is -0.456 e. The summed E-state index contributed by atoms with van der Waals surface area (Å²) in [6.07, 6.45) is 0. The van der Waals surface area contributed by atoms with Crippen molar-refractivity contribution in [3.05, 3.63) is 97.1 Å². The lowest BCUT2D eigenvalue weighted by atomic mass is 10.0. The van der Waals surface area contributed by atoms with Crippen LogP contribution in [0, 0.1) is 0 Å². The Morgan fingerprint density at radius 1 is 0.444 bits per heavy atom. The zero-order chi connectivity index (χ0) is 18.6. The van der Waals surface area contributed by atoms with Crippen LogP contribution in [-0.2, 0) is 0 Å². The first-order valence-electron chi connectivity index (χ1n) is 8.78. The number of ether oxygens (including phenoxy) is 1. The van der Waals surface area contributed by atoms with E-state index in [9.17, 15) is 0 Å². The Kier molecular flexibility index (Phi) is 4.50. The molecule has 0 aromatic heterocycles. The zero-order valence-electron chi connectivity index (χ0n) is 14.8. The molecule has 27 heavy (non-hydrogen) atoms. The zero-order valence-corrected chi connectivity index (χ0v) is 14.8. The van der Waals surface area contributed by atoms with Crippen molar-refractivity contribution in [3.63, 3.8) is 0 Å². The number of anilines is 2. The number of benzene rings is 4. The van der Waals surface area contributed by atoms with Gasteiger partial charge in [-0.1, -0.05) is 60.7 Å². The molecule has 3 heteroatoms. The van der Waals surface area contributed by atoms with E-state index in [0.29, 0.717) is 0 Å². The number of para-hydroxylation sites is 2. The summed E-state index contributed by atoms with van der Waals surface area (Å²) in [5.41, 5.74) is 17.3. The maximum Gasteiger partial charge on any atom is 0.135 e. The third-order valence-electron chi connectivity index (χ3n) is 4.44. The van der Waals surface area contributed by atoms with Crippen molar-refractivity contribution in [2.45, 2.75) is 0 Å². The maximum atomic E-state index is 6.35. The molecule has 0 aliphatic rings. The monoisotopic (exact) mass is 352 g/mol. The Morgan fingerprint density at radius 2 is 0.815 bits per heavy atom. The van der Waals surface area contributed by atoms with Gasteiger partial charge in [-0.15, -0.1) is 0 Å². The van der Waals surface area contributed by atoms with E-state index in [2.05, 4.69) is 0 Å². The van der Waals surface area contributed by atoms with Crippen molar-refractivity contribution in [2.75, 3.05) is 11.5 Å². The predicted octanol–water partition coefficient (Wildman–Crippen LogP) is 5.98. The van der Waals surface area contributed by atoms with Crippen molar-refractivity contribution in [3.8, 4) is 33.8 Å². The first kappa shape index (κ1) is 16.7. The van der Waals surface area contributed by atoms with Gasteiger partial charge in [-0.25, -0.2) is 0 Å². The van der Waals surface area contributed by atoms with Gasteiger partial charge in [0.25, 0.3) is 0 Å². The number of hydrogen-bond donors (Lipinski definition) is 2. The summed E-state index contributed by atoms with van der Waals surface area (Å²) in [4.78, 5) is 0. The Bertz CT molecular complexity index is 967. The molecule has 0 aliphatic carbocycles. The van der Waals surface area contributed by atoms with Crippen LogP contribution >= 0.6 is 0 Å². The fraction of sp³-hybridized carbons (Fsp3) is 0. The van der Waals surface area contributed by atoms with Crippen molar-refractivity contribution < 1.29 is 4.74 Å². The Morgan fingerprint density at radius 3 is 1.22 bits per heavy atom. The second-order valence-corrected chi connectivity index (χ2v) is 6.34. The summed E-state index contributed by atoms with van der Waals surface area (Å²) in [6.45, 7) is 0. The molecule has 3 nitrogen and oxygen atoms in total. The number of rotatable bonds is 4. The van der Waals surface area contributed by atoms with Crippen LogP contribution in [0.15, 0.2) is 97.1 Å². The quantitative estimate of drug-likeness (QED) is 0.444. The molecule has 0 spiro atoms. The highest BCUT2D eigenvalue weighted by Crippen LogP contribution is 2.38. The van der Waals surface area contributed by atoms with E-state index in [1.54, 1.807) is 0 Å². The topological polar surface area (TPSA) is 61.3 Å². The summed E-state index contributed by atoms with van der Waals surface area (Å²) in [5.74, 6) is 1.59. The number of nitrogens with two attached hydrogens (primary N) is 2. The molecule has 0 saturated carbocycles. The molecular weight excluding hydrogens is 332 g/mol. The van der Waals surface area contributed by atoms with E-state index in [0.717, 1.165) is 45.1 Å². The second-order valence-electron chi connectivity index (χ2n) is 6.34. The minimum atomic E-state index is 0.742. The fourth-order valence-corrected chi connectivity index (χ4v) is 3.03. The summed E-state index contributed by atoms with van der Waals surface area (Å²) < 4.78 is 6.35. The first-order chi connectivity index (χ1) is 13.2. The van der Waals surface area contributed by atoms with Gasteiger partial charge in [-0.2, -0.15) is 0 Å². The average molecular weight is 352 g/mol. The lowest BCUT2D eigenvalue weighted by Crippen LogP contribution is -1.92. The largest absolute Gasteiger partial charge is 0.456 e. The molecule has 132 valence electrons. The Hall–Kier alpha value is -3.72. The molecule has 0 radical (unpaired) electrons. The van der Waals surface area contributed by atoms with Gasteiger partial charge in [0.15, 0.2) is 0 Å². The molecule has 0 unspecified atom stereocenters. The molecule has 0 amide bonds. The summed E-state index contributed by atoms with van der Waals surface area (Å²) in [7, 11) is 0. The molecule has 4 N–H and O–H groups in total. The van der Waals surface area contributed by atoms with Gasteiger partial charge < -0.3 is 16.2 Å². The maximum absolute atomic E-state index is 6.35.